The largest absolute Gasteiger partial charge is 0.415 e. The number of nitrogens with zero attached hydrogens (tertiary/aromatic N) is 1. The Balaban J connectivity index is 1.87. The van der Waals surface area contributed by atoms with Gasteiger partial charge in [0.2, 0.25) is 0 Å². The van der Waals surface area contributed by atoms with E-state index in [-0.39, 0.29) is 11.7 Å². The number of Topliss-reactive ketones (excluding diaryl/α,β-unsaturated/α-hetero) is 1. The summed E-state index contributed by atoms with van der Waals surface area (Å²) >= 11 is 0. The fourth-order valence-corrected chi connectivity index (χ4v) is 2.58. The predicted octanol–water partition coefficient (Wildman–Crippen LogP) is 2.64. The molecule has 0 aromatic heterocycles. The summed E-state index contributed by atoms with van der Waals surface area (Å²) in [6.45, 7) is 0.177. The molecule has 0 aliphatic carbocycles. The summed E-state index contributed by atoms with van der Waals surface area (Å²) < 4.78 is 49.7. The van der Waals surface area contributed by atoms with E-state index in [0.29, 0.717) is 31.5 Å². The highest BCUT2D eigenvalue weighted by Gasteiger charge is 2.39. The second-order valence-electron chi connectivity index (χ2n) is 5.50. The van der Waals surface area contributed by atoms with Crippen molar-refractivity contribution in [3.63, 3.8) is 0 Å². The Labute approximate surface area is 125 Å². The van der Waals surface area contributed by atoms with Crippen LogP contribution in [-0.2, 0) is 0 Å². The van der Waals surface area contributed by atoms with Gasteiger partial charge in [-0.1, -0.05) is 0 Å². The van der Waals surface area contributed by atoms with E-state index >= 15 is 0 Å². The van der Waals surface area contributed by atoms with E-state index in [9.17, 15) is 22.4 Å². The highest BCUT2D eigenvalue weighted by Crippen LogP contribution is 2.25. The Morgan fingerprint density at radius 2 is 1.77 bits per heavy atom. The molecule has 1 atom stereocenters. The van der Waals surface area contributed by atoms with Crippen molar-refractivity contribution in [3.05, 3.63) is 35.6 Å². The fraction of sp³-hybridized carbons (Fsp3) is 0.533. The van der Waals surface area contributed by atoms with Crippen molar-refractivity contribution < 1.29 is 27.5 Å². The first-order valence-electron chi connectivity index (χ1n) is 7.04. The number of halogens is 4. The third kappa shape index (κ3) is 4.27. The summed E-state index contributed by atoms with van der Waals surface area (Å²) in [5.74, 6) is -0.812. The monoisotopic (exact) mass is 319 g/mol. The minimum absolute atomic E-state index is 0.115. The summed E-state index contributed by atoms with van der Waals surface area (Å²) in [7, 11) is 0. The first-order valence-corrected chi connectivity index (χ1v) is 7.04. The second kappa shape index (κ2) is 6.75. The van der Waals surface area contributed by atoms with Gasteiger partial charge in [0.05, 0.1) is 0 Å². The normalized spacial score (nSPS) is 19.1. The molecule has 1 aromatic rings. The molecule has 7 heteroatoms. The second-order valence-corrected chi connectivity index (χ2v) is 5.50. The number of piperidine rings is 1. The van der Waals surface area contributed by atoms with E-state index in [1.807, 2.05) is 0 Å². The standard InChI is InChI=1S/C15H17F4NO2/c16-12-3-1-10(2-4-12)14(22)11-5-7-20(8-6-11)9-13(21)15(17,18)19/h1-4,11,13,21H,5-9H2/t13-/m0/s1. The molecule has 0 unspecified atom stereocenters. The van der Waals surface area contributed by atoms with Crippen LogP contribution in [0.5, 0.6) is 0 Å². The lowest BCUT2D eigenvalue weighted by Gasteiger charge is -2.32. The van der Waals surface area contributed by atoms with Crippen molar-refractivity contribution in [1.29, 1.82) is 0 Å². The Morgan fingerprint density at radius 3 is 2.27 bits per heavy atom. The molecule has 1 aromatic carbocycles. The molecule has 1 aliphatic rings. The number of hydrogen-bond donors (Lipinski definition) is 1. The number of aliphatic hydroxyl groups excluding tert-OH is 1. The number of alkyl halides is 3. The molecule has 1 heterocycles. The van der Waals surface area contributed by atoms with Gasteiger partial charge in [-0.15, -0.1) is 0 Å². The summed E-state index contributed by atoms with van der Waals surface area (Å²) in [5, 5.41) is 9.05. The number of hydrogen-bond acceptors (Lipinski definition) is 3. The van der Waals surface area contributed by atoms with Gasteiger partial charge in [-0.05, 0) is 50.2 Å². The first-order chi connectivity index (χ1) is 10.3. The smallest absolute Gasteiger partial charge is 0.382 e. The Kier molecular flexibility index (Phi) is 5.18. The van der Waals surface area contributed by atoms with E-state index in [1.165, 1.54) is 29.2 Å². The van der Waals surface area contributed by atoms with E-state index in [2.05, 4.69) is 0 Å². The lowest BCUT2D eigenvalue weighted by molar-refractivity contribution is -0.208. The van der Waals surface area contributed by atoms with Crippen molar-refractivity contribution in [2.75, 3.05) is 19.6 Å². The van der Waals surface area contributed by atoms with Gasteiger partial charge >= 0.3 is 6.18 Å². The van der Waals surface area contributed by atoms with Gasteiger partial charge in [0.15, 0.2) is 11.9 Å². The molecule has 22 heavy (non-hydrogen) atoms. The molecule has 122 valence electrons. The number of ketones is 1. The summed E-state index contributed by atoms with van der Waals surface area (Å²) in [4.78, 5) is 13.7. The van der Waals surface area contributed by atoms with Crippen LogP contribution < -0.4 is 0 Å². The molecule has 0 saturated carbocycles. The van der Waals surface area contributed by atoms with E-state index < -0.39 is 24.6 Å². The van der Waals surface area contributed by atoms with E-state index in [4.69, 9.17) is 5.11 Å². The number of likely N-dealkylation sites (tertiary alicyclic amines) is 1. The van der Waals surface area contributed by atoms with Gasteiger partial charge in [-0.3, -0.25) is 4.79 Å². The predicted molar refractivity (Wildman–Crippen MR) is 72.0 cm³/mol. The molecule has 0 bridgehead atoms. The first kappa shape index (κ1) is 16.9. The zero-order chi connectivity index (χ0) is 16.3. The SMILES string of the molecule is O=C(c1ccc(F)cc1)C1CCN(C[C@H](O)C(F)(F)F)CC1. The van der Waals surface area contributed by atoms with Gasteiger partial charge in [-0.2, -0.15) is 13.2 Å². The van der Waals surface area contributed by atoms with E-state index in [1.54, 1.807) is 0 Å². The Morgan fingerprint density at radius 1 is 1.23 bits per heavy atom. The lowest BCUT2D eigenvalue weighted by Crippen LogP contribution is -2.45. The number of aliphatic hydroxyl groups is 1. The third-order valence-electron chi connectivity index (χ3n) is 3.90. The quantitative estimate of drug-likeness (QED) is 0.685. The molecule has 1 saturated heterocycles. The molecule has 2 rings (SSSR count). The van der Waals surface area contributed by atoms with Gasteiger partial charge < -0.3 is 10.0 Å². The van der Waals surface area contributed by atoms with Crippen LogP contribution in [0.2, 0.25) is 0 Å². The minimum atomic E-state index is -4.62. The number of rotatable bonds is 4. The molecule has 0 amide bonds. The van der Waals surface area contributed by atoms with Gasteiger partial charge in [0.1, 0.15) is 5.82 Å². The Hall–Kier alpha value is -1.47. The van der Waals surface area contributed by atoms with Gasteiger partial charge in [0.25, 0.3) is 0 Å². The average molecular weight is 319 g/mol. The molecule has 1 aliphatic heterocycles. The van der Waals surface area contributed by atoms with Gasteiger partial charge in [-0.25, -0.2) is 4.39 Å². The van der Waals surface area contributed by atoms with Gasteiger partial charge in [0, 0.05) is 18.0 Å². The topological polar surface area (TPSA) is 40.5 Å². The molecule has 1 fully saturated rings. The maximum Gasteiger partial charge on any atom is 0.415 e. The number of benzene rings is 1. The summed E-state index contributed by atoms with van der Waals surface area (Å²) in [5.41, 5.74) is 0.412. The highest BCUT2D eigenvalue weighted by atomic mass is 19.4. The highest BCUT2D eigenvalue weighted by molar-refractivity contribution is 5.97. The molecular weight excluding hydrogens is 302 g/mol. The van der Waals surface area contributed by atoms with Crippen LogP contribution in [0.15, 0.2) is 24.3 Å². The zero-order valence-corrected chi connectivity index (χ0v) is 11.8. The molecule has 3 nitrogen and oxygen atoms in total. The number of β-amino-alcohol motifs (C(OH)–C–C–N with tert-alkyl or cyclic N) is 1. The van der Waals surface area contributed by atoms with Crippen LogP contribution in [0.4, 0.5) is 17.6 Å². The third-order valence-corrected chi connectivity index (χ3v) is 3.90. The number of carbonyl (C=O) groups excluding carboxylic acids is 1. The molecule has 1 N–H and O–H groups in total. The van der Waals surface area contributed by atoms with Crippen molar-refractivity contribution in [2.24, 2.45) is 5.92 Å². The van der Waals surface area contributed by atoms with Crippen LogP contribution in [0.25, 0.3) is 0 Å². The maximum absolute atomic E-state index is 12.8. The van der Waals surface area contributed by atoms with E-state index in [0.717, 1.165) is 0 Å². The van der Waals surface area contributed by atoms with Crippen LogP contribution in [0.3, 0.4) is 0 Å². The average Bonchev–Trinajstić information content (AvgIpc) is 2.47. The molecule has 0 radical (unpaired) electrons. The maximum atomic E-state index is 12.8. The van der Waals surface area contributed by atoms with Crippen molar-refractivity contribution in [3.8, 4) is 0 Å². The molecule has 0 spiro atoms. The van der Waals surface area contributed by atoms with Crippen molar-refractivity contribution >= 4 is 5.78 Å². The fourth-order valence-electron chi connectivity index (χ4n) is 2.58. The Bertz CT molecular complexity index is 507. The summed E-state index contributed by atoms with van der Waals surface area (Å²) in [6.07, 6.45) is -6.13. The lowest BCUT2D eigenvalue weighted by atomic mass is 9.89. The zero-order valence-electron chi connectivity index (χ0n) is 11.8. The van der Waals surface area contributed by atoms with Crippen molar-refractivity contribution in [2.45, 2.75) is 25.1 Å². The molecular formula is C15H17F4NO2. The van der Waals surface area contributed by atoms with Crippen LogP contribution in [0, 0.1) is 11.7 Å². The number of carbonyl (C=O) groups is 1. The van der Waals surface area contributed by atoms with Crippen LogP contribution >= 0.6 is 0 Å². The summed E-state index contributed by atoms with van der Waals surface area (Å²) in [6, 6.07) is 5.25. The minimum Gasteiger partial charge on any atom is -0.382 e. The van der Waals surface area contributed by atoms with Crippen LogP contribution in [-0.4, -0.2) is 47.7 Å². The van der Waals surface area contributed by atoms with Crippen LogP contribution in [0.1, 0.15) is 23.2 Å². The van der Waals surface area contributed by atoms with Crippen molar-refractivity contribution in [1.82, 2.24) is 4.90 Å².